The molecule has 2 aliphatic rings. The molecule has 1 amide bonds. The average molecular weight is 326 g/mol. The molecule has 1 atom stereocenters. The third-order valence-corrected chi connectivity index (χ3v) is 5.14. The van der Waals surface area contributed by atoms with Crippen LogP contribution in [0.5, 0.6) is 0 Å². The first-order chi connectivity index (χ1) is 11.6. The van der Waals surface area contributed by atoms with Crippen LogP contribution in [0.4, 0.5) is 11.6 Å². The lowest BCUT2D eigenvalue weighted by Crippen LogP contribution is -2.31. The summed E-state index contributed by atoms with van der Waals surface area (Å²) in [6.07, 6.45) is 9.98. The highest BCUT2D eigenvalue weighted by molar-refractivity contribution is 5.96. The Morgan fingerprint density at radius 3 is 2.67 bits per heavy atom. The fourth-order valence-electron chi connectivity index (χ4n) is 3.75. The Balaban J connectivity index is 1.50. The molecule has 2 aromatic rings. The summed E-state index contributed by atoms with van der Waals surface area (Å²) in [6, 6.07) is 0. The Hall–Kier alpha value is -2.44. The first-order valence-electron chi connectivity index (χ1n) is 8.43. The summed E-state index contributed by atoms with van der Waals surface area (Å²) in [5.41, 5.74) is 2.03. The molecule has 7 heteroatoms. The van der Waals surface area contributed by atoms with E-state index in [9.17, 15) is 4.79 Å². The summed E-state index contributed by atoms with van der Waals surface area (Å²) < 4.78 is 1.73. The number of hydrogen-bond donors (Lipinski definition) is 0. The maximum Gasteiger partial charge on any atom is 0.227 e. The van der Waals surface area contributed by atoms with Crippen LogP contribution in [0.15, 0.2) is 24.8 Å². The molecule has 0 N–H and O–H groups in total. The number of carbonyl (C=O) groups excluding carboxylic acids is 1. The second-order valence-electron chi connectivity index (χ2n) is 6.95. The van der Waals surface area contributed by atoms with Crippen LogP contribution in [-0.2, 0) is 18.3 Å². The summed E-state index contributed by atoms with van der Waals surface area (Å²) in [5, 5.41) is 4.18. The van der Waals surface area contributed by atoms with Gasteiger partial charge in [-0.05, 0) is 18.4 Å². The molecule has 0 radical (unpaired) electrons. The van der Waals surface area contributed by atoms with Crippen LogP contribution in [0.1, 0.15) is 25.3 Å². The number of hydrogen-bond acceptors (Lipinski definition) is 5. The predicted octanol–water partition coefficient (Wildman–Crippen LogP) is 1.41. The lowest BCUT2D eigenvalue weighted by molar-refractivity contribution is -0.117. The van der Waals surface area contributed by atoms with Crippen molar-refractivity contribution in [1.29, 1.82) is 0 Å². The number of amides is 1. The maximum atomic E-state index is 12.5. The summed E-state index contributed by atoms with van der Waals surface area (Å²) in [4.78, 5) is 25.6. The van der Waals surface area contributed by atoms with Crippen molar-refractivity contribution >= 4 is 17.5 Å². The van der Waals surface area contributed by atoms with E-state index in [1.807, 2.05) is 30.5 Å². The van der Waals surface area contributed by atoms with Gasteiger partial charge in [0.25, 0.3) is 0 Å². The van der Waals surface area contributed by atoms with E-state index in [-0.39, 0.29) is 11.3 Å². The number of aromatic nitrogens is 4. The minimum atomic E-state index is -0.000285. The van der Waals surface area contributed by atoms with Gasteiger partial charge in [-0.3, -0.25) is 9.48 Å². The fraction of sp³-hybridized carbons (Fsp3) is 0.529. The zero-order chi connectivity index (χ0) is 16.7. The van der Waals surface area contributed by atoms with Crippen molar-refractivity contribution in [3.05, 3.63) is 30.4 Å². The van der Waals surface area contributed by atoms with Gasteiger partial charge in [-0.2, -0.15) is 5.10 Å². The molecular formula is C17H22N6O. The van der Waals surface area contributed by atoms with Crippen LogP contribution < -0.4 is 9.80 Å². The molecule has 0 bridgehead atoms. The monoisotopic (exact) mass is 326 g/mol. The molecule has 2 aliphatic heterocycles. The first-order valence-corrected chi connectivity index (χ1v) is 8.43. The number of rotatable bonds is 3. The highest BCUT2D eigenvalue weighted by Crippen LogP contribution is 2.42. The molecule has 2 fully saturated rings. The molecular weight excluding hydrogens is 304 g/mol. The van der Waals surface area contributed by atoms with Gasteiger partial charge in [0.1, 0.15) is 0 Å². The summed E-state index contributed by atoms with van der Waals surface area (Å²) in [6.45, 7) is 4.59. The SMILES string of the molecule is CCc1cnc(N2CC[C@@]3(CC(=O)N(c4cnn(C)c4)C3)C2)nc1. The molecule has 0 aromatic carbocycles. The van der Waals surface area contributed by atoms with Gasteiger partial charge in [0.05, 0.1) is 11.9 Å². The van der Waals surface area contributed by atoms with E-state index in [0.717, 1.165) is 49.7 Å². The van der Waals surface area contributed by atoms with Gasteiger partial charge in [-0.15, -0.1) is 0 Å². The van der Waals surface area contributed by atoms with Crippen molar-refractivity contribution < 1.29 is 4.79 Å². The zero-order valence-electron chi connectivity index (χ0n) is 14.1. The highest BCUT2D eigenvalue weighted by atomic mass is 16.2. The smallest absolute Gasteiger partial charge is 0.227 e. The van der Waals surface area contributed by atoms with Gasteiger partial charge in [0.15, 0.2) is 0 Å². The first kappa shape index (κ1) is 15.1. The second-order valence-corrected chi connectivity index (χ2v) is 6.95. The van der Waals surface area contributed by atoms with E-state index in [4.69, 9.17) is 0 Å². The van der Waals surface area contributed by atoms with Crippen molar-refractivity contribution in [2.24, 2.45) is 12.5 Å². The zero-order valence-corrected chi connectivity index (χ0v) is 14.1. The van der Waals surface area contributed by atoms with Crippen molar-refractivity contribution in [2.45, 2.75) is 26.2 Å². The minimum absolute atomic E-state index is 0.000285. The molecule has 126 valence electrons. The van der Waals surface area contributed by atoms with Crippen molar-refractivity contribution in [3.8, 4) is 0 Å². The Kier molecular flexibility index (Phi) is 3.51. The molecule has 4 heterocycles. The van der Waals surface area contributed by atoms with Crippen LogP contribution >= 0.6 is 0 Å². The normalized spacial score (nSPS) is 23.7. The number of carbonyl (C=O) groups is 1. The molecule has 0 unspecified atom stereocenters. The lowest BCUT2D eigenvalue weighted by Gasteiger charge is -2.23. The Morgan fingerprint density at radius 2 is 2.00 bits per heavy atom. The van der Waals surface area contributed by atoms with Gasteiger partial charge in [0.2, 0.25) is 11.9 Å². The molecule has 2 aromatic heterocycles. The highest BCUT2D eigenvalue weighted by Gasteiger charge is 2.48. The maximum absolute atomic E-state index is 12.5. The summed E-state index contributed by atoms with van der Waals surface area (Å²) in [7, 11) is 1.87. The van der Waals surface area contributed by atoms with E-state index in [2.05, 4.69) is 26.9 Å². The van der Waals surface area contributed by atoms with Crippen molar-refractivity contribution in [1.82, 2.24) is 19.7 Å². The van der Waals surface area contributed by atoms with Gasteiger partial charge >= 0.3 is 0 Å². The van der Waals surface area contributed by atoms with E-state index in [1.165, 1.54) is 0 Å². The Morgan fingerprint density at radius 1 is 1.21 bits per heavy atom. The fourth-order valence-corrected chi connectivity index (χ4v) is 3.75. The summed E-state index contributed by atoms with van der Waals surface area (Å²) >= 11 is 0. The summed E-state index contributed by atoms with van der Waals surface area (Å²) in [5.74, 6) is 0.962. The second kappa shape index (κ2) is 5.58. The lowest BCUT2D eigenvalue weighted by atomic mass is 9.86. The molecule has 7 nitrogen and oxygen atoms in total. The number of nitrogens with zero attached hydrogens (tertiary/aromatic N) is 6. The van der Waals surface area contributed by atoms with Crippen molar-refractivity contribution in [2.75, 3.05) is 29.4 Å². The predicted molar refractivity (Wildman–Crippen MR) is 90.9 cm³/mol. The largest absolute Gasteiger partial charge is 0.340 e. The van der Waals surface area contributed by atoms with Crippen LogP contribution in [0.3, 0.4) is 0 Å². The quantitative estimate of drug-likeness (QED) is 0.853. The standard InChI is InChI=1S/C17H22N6O/c1-3-13-7-18-16(19-8-13)22-5-4-17(11-22)6-15(24)23(12-17)14-9-20-21(2)10-14/h7-10H,3-6,11-12H2,1-2H3/t17-/m1/s1. The third-order valence-electron chi connectivity index (χ3n) is 5.14. The average Bonchev–Trinajstić information content (AvgIpc) is 3.27. The Bertz CT molecular complexity index is 755. The number of anilines is 2. The van der Waals surface area contributed by atoms with Gasteiger partial charge in [0, 0.05) is 57.1 Å². The topological polar surface area (TPSA) is 67.2 Å². The van der Waals surface area contributed by atoms with Crippen LogP contribution in [0, 0.1) is 5.41 Å². The van der Waals surface area contributed by atoms with E-state index >= 15 is 0 Å². The van der Waals surface area contributed by atoms with E-state index in [0.29, 0.717) is 6.42 Å². The van der Waals surface area contributed by atoms with Gasteiger partial charge in [-0.25, -0.2) is 9.97 Å². The molecule has 0 aliphatic carbocycles. The van der Waals surface area contributed by atoms with Crippen LogP contribution in [0.2, 0.25) is 0 Å². The molecule has 2 saturated heterocycles. The van der Waals surface area contributed by atoms with Gasteiger partial charge < -0.3 is 9.80 Å². The van der Waals surface area contributed by atoms with Crippen molar-refractivity contribution in [3.63, 3.8) is 0 Å². The third kappa shape index (κ3) is 2.53. The number of aryl methyl sites for hydroxylation is 2. The van der Waals surface area contributed by atoms with E-state index < -0.39 is 0 Å². The van der Waals surface area contributed by atoms with Crippen LogP contribution in [0.25, 0.3) is 0 Å². The Labute approximate surface area is 141 Å². The minimum Gasteiger partial charge on any atom is -0.340 e. The van der Waals surface area contributed by atoms with Gasteiger partial charge in [-0.1, -0.05) is 6.92 Å². The molecule has 24 heavy (non-hydrogen) atoms. The van der Waals surface area contributed by atoms with Crippen LogP contribution in [-0.4, -0.2) is 45.3 Å². The molecule has 0 saturated carbocycles. The molecule has 1 spiro atoms. The van der Waals surface area contributed by atoms with E-state index in [1.54, 1.807) is 10.9 Å². The molecule has 4 rings (SSSR count).